The Labute approximate surface area is 219 Å². The number of aliphatic hydroxyl groups is 1. The van der Waals surface area contributed by atoms with E-state index in [1.165, 1.54) is 96.8 Å². The van der Waals surface area contributed by atoms with Crippen molar-refractivity contribution in [1.82, 2.24) is 0 Å². The SMILES string of the molecule is CCCCCCCC(C)=O.CCCCCCCCCC(C)=O.CCCCCCC[C@@H](O)CC(C)=O. The van der Waals surface area contributed by atoms with E-state index in [4.69, 9.17) is 0 Å². The molecule has 0 heterocycles. The quantitative estimate of drug-likeness (QED) is 0.151. The first-order chi connectivity index (χ1) is 16.7. The van der Waals surface area contributed by atoms with Crippen molar-refractivity contribution in [2.45, 2.75) is 182 Å². The Bertz CT molecular complexity index is 459. The molecule has 210 valence electrons. The van der Waals surface area contributed by atoms with E-state index in [2.05, 4.69) is 20.8 Å². The average molecular weight is 499 g/mol. The van der Waals surface area contributed by atoms with E-state index in [9.17, 15) is 19.5 Å². The van der Waals surface area contributed by atoms with Crippen molar-refractivity contribution >= 4 is 17.3 Å². The van der Waals surface area contributed by atoms with Crippen LogP contribution in [0.4, 0.5) is 0 Å². The minimum absolute atomic E-state index is 0.0843. The topological polar surface area (TPSA) is 71.4 Å². The van der Waals surface area contributed by atoms with Gasteiger partial charge >= 0.3 is 0 Å². The fourth-order valence-electron chi connectivity index (χ4n) is 3.73. The first kappa shape index (κ1) is 38.5. The van der Waals surface area contributed by atoms with Gasteiger partial charge in [-0.15, -0.1) is 0 Å². The lowest BCUT2D eigenvalue weighted by atomic mass is 10.1. The second-order valence-corrected chi connectivity index (χ2v) is 10.2. The first-order valence-electron chi connectivity index (χ1n) is 14.9. The van der Waals surface area contributed by atoms with Gasteiger partial charge in [-0.1, -0.05) is 117 Å². The van der Waals surface area contributed by atoms with Gasteiger partial charge in [0.2, 0.25) is 0 Å². The van der Waals surface area contributed by atoms with Crippen LogP contribution in [0.3, 0.4) is 0 Å². The lowest BCUT2D eigenvalue weighted by Crippen LogP contribution is -2.10. The van der Waals surface area contributed by atoms with Crippen LogP contribution in [0.5, 0.6) is 0 Å². The van der Waals surface area contributed by atoms with Gasteiger partial charge in [-0.3, -0.25) is 4.79 Å². The van der Waals surface area contributed by atoms with E-state index in [0.717, 1.165) is 38.5 Å². The van der Waals surface area contributed by atoms with E-state index in [1.54, 1.807) is 13.8 Å². The molecule has 4 heteroatoms. The first-order valence-corrected chi connectivity index (χ1v) is 14.9. The molecule has 0 aromatic carbocycles. The zero-order chi connectivity index (χ0) is 27.2. The number of unbranched alkanes of at least 4 members (excludes halogenated alkanes) is 14. The molecule has 1 atom stereocenters. The largest absolute Gasteiger partial charge is 0.393 e. The molecule has 4 nitrogen and oxygen atoms in total. The van der Waals surface area contributed by atoms with E-state index in [0.29, 0.717) is 18.0 Å². The van der Waals surface area contributed by atoms with Crippen LogP contribution in [0.1, 0.15) is 176 Å². The zero-order valence-electron chi connectivity index (χ0n) is 24.6. The summed E-state index contributed by atoms with van der Waals surface area (Å²) in [5, 5.41) is 9.36. The molecule has 0 fully saturated rings. The molecule has 0 aromatic rings. The maximum atomic E-state index is 10.6. The number of carbonyl (C=O) groups is 3. The molecule has 0 saturated carbocycles. The van der Waals surface area contributed by atoms with Crippen molar-refractivity contribution in [2.75, 3.05) is 0 Å². The van der Waals surface area contributed by atoms with Gasteiger partial charge in [0.15, 0.2) is 0 Å². The Hall–Kier alpha value is -1.03. The molecule has 0 amide bonds. The second kappa shape index (κ2) is 33.0. The molecule has 0 radical (unpaired) electrons. The van der Waals surface area contributed by atoms with Crippen LogP contribution in [0, 0.1) is 0 Å². The Balaban J connectivity index is -0.000000443. The van der Waals surface area contributed by atoms with Crippen molar-refractivity contribution in [1.29, 1.82) is 0 Å². The highest BCUT2D eigenvalue weighted by Gasteiger charge is 2.06. The Morgan fingerprint density at radius 3 is 1.11 bits per heavy atom. The highest BCUT2D eigenvalue weighted by Crippen LogP contribution is 2.10. The molecule has 0 aliphatic rings. The zero-order valence-corrected chi connectivity index (χ0v) is 24.6. The molecule has 0 aliphatic heterocycles. The van der Waals surface area contributed by atoms with Crippen LogP contribution < -0.4 is 0 Å². The van der Waals surface area contributed by atoms with Gasteiger partial charge in [-0.05, 0) is 40.0 Å². The van der Waals surface area contributed by atoms with Crippen molar-refractivity contribution < 1.29 is 19.5 Å². The van der Waals surface area contributed by atoms with Crippen LogP contribution >= 0.6 is 0 Å². The van der Waals surface area contributed by atoms with E-state index in [1.807, 2.05) is 0 Å². The third kappa shape index (κ3) is 46.9. The minimum Gasteiger partial charge on any atom is -0.393 e. The molecule has 0 unspecified atom stereocenters. The predicted molar refractivity (Wildman–Crippen MR) is 152 cm³/mol. The third-order valence-electron chi connectivity index (χ3n) is 5.93. The third-order valence-corrected chi connectivity index (χ3v) is 5.93. The average Bonchev–Trinajstić information content (AvgIpc) is 2.78. The normalized spacial score (nSPS) is 11.1. The van der Waals surface area contributed by atoms with E-state index >= 15 is 0 Å². The molecule has 0 spiro atoms. The van der Waals surface area contributed by atoms with E-state index in [-0.39, 0.29) is 5.78 Å². The number of carbonyl (C=O) groups excluding carboxylic acids is 3. The molecule has 0 bridgehead atoms. The number of rotatable bonds is 22. The molecule has 0 aliphatic carbocycles. The fraction of sp³-hybridized carbons (Fsp3) is 0.903. The molecular formula is C31H62O4. The van der Waals surface area contributed by atoms with Crippen LogP contribution in [-0.2, 0) is 14.4 Å². The van der Waals surface area contributed by atoms with Crippen molar-refractivity contribution in [3.05, 3.63) is 0 Å². The highest BCUT2D eigenvalue weighted by atomic mass is 16.3. The van der Waals surface area contributed by atoms with Gasteiger partial charge in [-0.25, -0.2) is 0 Å². The van der Waals surface area contributed by atoms with E-state index < -0.39 is 6.10 Å². The molecule has 0 saturated heterocycles. The van der Waals surface area contributed by atoms with Gasteiger partial charge in [0.1, 0.15) is 17.3 Å². The molecular weight excluding hydrogens is 436 g/mol. The Kier molecular flexibility index (Phi) is 36.3. The molecule has 0 rings (SSSR count). The number of hydrogen-bond donors (Lipinski definition) is 1. The van der Waals surface area contributed by atoms with Crippen molar-refractivity contribution in [3.8, 4) is 0 Å². The fourth-order valence-corrected chi connectivity index (χ4v) is 3.73. The number of Topliss-reactive ketones (excluding diaryl/α,β-unsaturated/α-hetero) is 3. The lowest BCUT2D eigenvalue weighted by Gasteiger charge is -2.07. The Morgan fingerprint density at radius 1 is 0.486 bits per heavy atom. The molecule has 35 heavy (non-hydrogen) atoms. The summed E-state index contributed by atoms with van der Waals surface area (Å²) in [4.78, 5) is 31.7. The second-order valence-electron chi connectivity index (χ2n) is 10.2. The molecule has 0 aromatic heterocycles. The van der Waals surface area contributed by atoms with Crippen molar-refractivity contribution in [2.24, 2.45) is 0 Å². The van der Waals surface area contributed by atoms with Crippen LogP contribution in [0.25, 0.3) is 0 Å². The smallest absolute Gasteiger partial charge is 0.132 e. The van der Waals surface area contributed by atoms with Gasteiger partial charge < -0.3 is 14.7 Å². The highest BCUT2D eigenvalue weighted by molar-refractivity contribution is 5.76. The van der Waals surface area contributed by atoms with Gasteiger partial charge in [-0.2, -0.15) is 0 Å². The standard InChI is InChI=1S/C11H22O2.C11H22O.C9H18O/c1-3-4-5-6-7-8-11(13)9-10(2)12;1-3-4-5-6-7-8-9-10-11(2)12;1-3-4-5-6-7-8-9(2)10/h11,13H,3-9H2,1-2H3;3-10H2,1-2H3;3-8H2,1-2H3/t11-;;/m1../s1. The maximum absolute atomic E-state index is 10.6. The summed E-state index contributed by atoms with van der Waals surface area (Å²) in [5.74, 6) is 0.751. The van der Waals surface area contributed by atoms with Crippen LogP contribution in [-0.4, -0.2) is 28.6 Å². The number of hydrogen-bond acceptors (Lipinski definition) is 4. The summed E-state index contributed by atoms with van der Waals surface area (Å²) in [7, 11) is 0. The summed E-state index contributed by atoms with van der Waals surface area (Å²) in [6.07, 6.45) is 23.6. The summed E-state index contributed by atoms with van der Waals surface area (Å²) in [6.45, 7) is 11.5. The monoisotopic (exact) mass is 498 g/mol. The number of aliphatic hydroxyl groups excluding tert-OH is 1. The summed E-state index contributed by atoms with van der Waals surface area (Å²) >= 11 is 0. The summed E-state index contributed by atoms with van der Waals surface area (Å²) in [5.41, 5.74) is 0. The summed E-state index contributed by atoms with van der Waals surface area (Å²) < 4.78 is 0. The minimum atomic E-state index is -0.404. The van der Waals surface area contributed by atoms with Gasteiger partial charge in [0.05, 0.1) is 6.10 Å². The number of ketones is 3. The summed E-state index contributed by atoms with van der Waals surface area (Å²) in [6, 6.07) is 0. The predicted octanol–water partition coefficient (Wildman–Crippen LogP) is 9.34. The van der Waals surface area contributed by atoms with Crippen LogP contribution in [0.15, 0.2) is 0 Å². The maximum Gasteiger partial charge on any atom is 0.132 e. The van der Waals surface area contributed by atoms with Crippen LogP contribution in [0.2, 0.25) is 0 Å². The van der Waals surface area contributed by atoms with Gasteiger partial charge in [0.25, 0.3) is 0 Å². The lowest BCUT2D eigenvalue weighted by molar-refractivity contribution is -0.119. The van der Waals surface area contributed by atoms with Crippen molar-refractivity contribution in [3.63, 3.8) is 0 Å². The Morgan fingerprint density at radius 2 is 0.800 bits per heavy atom. The molecule has 1 N–H and O–H groups in total. The van der Waals surface area contributed by atoms with Gasteiger partial charge in [0, 0.05) is 19.3 Å².